The Labute approximate surface area is 450 Å². The summed E-state index contributed by atoms with van der Waals surface area (Å²) in [4.78, 5) is 28.4. The minimum atomic E-state index is -2.28. The summed E-state index contributed by atoms with van der Waals surface area (Å²) in [6.45, 7) is 34.3. The second-order valence-electron chi connectivity index (χ2n) is 26.8. The molecule has 3 unspecified atom stereocenters. The summed E-state index contributed by atoms with van der Waals surface area (Å²) in [6, 6.07) is 8.96. The van der Waals surface area contributed by atoms with E-state index in [2.05, 4.69) is 87.8 Å². The van der Waals surface area contributed by atoms with Crippen molar-refractivity contribution in [1.29, 1.82) is 0 Å². The van der Waals surface area contributed by atoms with Gasteiger partial charge in [-0.15, -0.1) is 0 Å². The molecule has 10 bridgehead atoms. The standard InChI is InChI=1S/C59H92O14Si2/c1-34-26-39-20-22-44(61)35(2)27-41(67-56(62)37-18-16-15-17-19-37)24-25-59-32-49-52(71-59)53-54(70-49)55(72-59)51-45(69-53)23-21-40(66-51)28-38(60)29-43-47(31-46(65-39)36(34)3)68-48(50(43)63-10)30-42(73-75(13,14)58(7,8)9)33-64-74(11,12)57(4,5)6/h15-19,34,39-55,61H,2-3,20-33H2,1,4-14H3/t34-,39+,40-,41+,42+,43?,44-,45+,46-,47?,48-,49?,50-,51+,52+,53+,54-,55+,59+/m1/s1. The van der Waals surface area contributed by atoms with Crippen LogP contribution >= 0.6 is 0 Å². The first kappa shape index (κ1) is 57.5. The van der Waals surface area contributed by atoms with E-state index in [9.17, 15) is 14.7 Å². The molecule has 19 atom stereocenters. The highest BCUT2D eigenvalue weighted by atomic mass is 28.4. The summed E-state index contributed by atoms with van der Waals surface area (Å²) in [5.74, 6) is -1.52. The van der Waals surface area contributed by atoms with Crippen LogP contribution in [0.2, 0.25) is 36.3 Å². The average Bonchev–Trinajstić information content (AvgIpc) is 3.90. The van der Waals surface area contributed by atoms with Gasteiger partial charge in [-0.3, -0.25) is 4.79 Å². The molecule has 0 radical (unpaired) electrons. The van der Waals surface area contributed by atoms with Crippen LogP contribution in [0.4, 0.5) is 0 Å². The molecule has 9 saturated heterocycles. The first-order valence-electron chi connectivity index (χ1n) is 28.5. The lowest BCUT2D eigenvalue weighted by atomic mass is 9.81. The highest BCUT2D eigenvalue weighted by Crippen LogP contribution is 2.54. The Morgan fingerprint density at radius 1 is 0.773 bits per heavy atom. The number of carbonyl (C=O) groups is 2. The number of aliphatic hydroxyl groups is 1. The highest BCUT2D eigenvalue weighted by Gasteiger charge is 2.69. The molecule has 0 aliphatic carbocycles. The molecule has 1 N–H and O–H groups in total. The number of aliphatic hydroxyl groups excluding tert-OH is 1. The van der Waals surface area contributed by atoms with Crippen LogP contribution in [0.15, 0.2) is 54.6 Å². The number of hydrogen-bond donors (Lipinski definition) is 1. The van der Waals surface area contributed by atoms with Gasteiger partial charge >= 0.3 is 5.97 Å². The van der Waals surface area contributed by atoms with Crippen LogP contribution in [0.25, 0.3) is 0 Å². The monoisotopic (exact) mass is 1080 g/mol. The molecule has 1 spiro atoms. The van der Waals surface area contributed by atoms with Crippen LogP contribution in [0, 0.1) is 11.8 Å². The number of esters is 1. The van der Waals surface area contributed by atoms with E-state index in [4.69, 9.17) is 51.5 Å². The number of fused-ring (bicyclic) bond motifs is 4. The molecule has 14 nitrogen and oxygen atoms in total. The summed E-state index contributed by atoms with van der Waals surface area (Å²) in [6.07, 6.45) is 0.0300. The normalized spacial score (nSPS) is 40.4. The van der Waals surface area contributed by atoms with Gasteiger partial charge in [0.2, 0.25) is 0 Å². The minimum absolute atomic E-state index is 0.0201. The fourth-order valence-electron chi connectivity index (χ4n) is 12.8. The fourth-order valence-corrected chi connectivity index (χ4v) is 15.2. The molecule has 75 heavy (non-hydrogen) atoms. The number of methoxy groups -OCH3 is 1. The predicted molar refractivity (Wildman–Crippen MR) is 289 cm³/mol. The van der Waals surface area contributed by atoms with E-state index in [1.165, 1.54) is 0 Å². The lowest BCUT2D eigenvalue weighted by Crippen LogP contribution is -2.61. The molecule has 10 rings (SSSR count). The average molecular weight is 1080 g/mol. The maximum Gasteiger partial charge on any atom is 0.338 e. The molecular weight excluding hydrogens is 989 g/mol. The fraction of sp³-hybridized carbons (Fsp3) is 0.797. The largest absolute Gasteiger partial charge is 0.458 e. The van der Waals surface area contributed by atoms with Gasteiger partial charge in [0.1, 0.15) is 42.4 Å². The van der Waals surface area contributed by atoms with Crippen molar-refractivity contribution in [1.82, 2.24) is 0 Å². The number of rotatable bonds is 10. The second kappa shape index (κ2) is 22.4. The molecule has 420 valence electrons. The highest BCUT2D eigenvalue weighted by molar-refractivity contribution is 6.74. The van der Waals surface area contributed by atoms with E-state index in [-0.39, 0.29) is 114 Å². The molecule has 9 heterocycles. The van der Waals surface area contributed by atoms with Gasteiger partial charge in [0, 0.05) is 58.0 Å². The minimum Gasteiger partial charge on any atom is -0.458 e. The van der Waals surface area contributed by atoms with Crippen molar-refractivity contribution < 1.29 is 66.2 Å². The van der Waals surface area contributed by atoms with E-state index in [0.29, 0.717) is 75.5 Å². The molecule has 0 aromatic heterocycles. The first-order valence-corrected chi connectivity index (χ1v) is 34.3. The molecule has 1 aromatic carbocycles. The number of benzene rings is 1. The SMILES string of the molecule is C=C1C[C@@H](OC(=O)c2ccccc2)CC[C@@]23CC4O[C@H]5[C@@H](O2)[C@H]2O[C@H](CC[C@@H]2O[C@H]5[C@H]4O3)CC(=O)CC2C(C[C@H]3O[C@@H](CC[C@H]1O)C[C@@H](C)C3=C)O[C@H](C[C@@H](CO[Si](C)(C)C(C)(C)C)O[Si](C)(C)C(C)(C)C)[C@@H]2OC. The predicted octanol–water partition coefficient (Wildman–Crippen LogP) is 10.3. The van der Waals surface area contributed by atoms with Gasteiger partial charge < -0.3 is 56.6 Å². The van der Waals surface area contributed by atoms with Gasteiger partial charge in [0.25, 0.3) is 0 Å². The zero-order valence-corrected chi connectivity index (χ0v) is 49.3. The second-order valence-corrected chi connectivity index (χ2v) is 36.3. The zero-order valence-electron chi connectivity index (χ0n) is 47.3. The van der Waals surface area contributed by atoms with Crippen LogP contribution in [0.1, 0.15) is 142 Å². The van der Waals surface area contributed by atoms with E-state index >= 15 is 0 Å². The van der Waals surface area contributed by atoms with Crippen molar-refractivity contribution in [3.05, 3.63) is 60.2 Å². The molecule has 1 aromatic rings. The van der Waals surface area contributed by atoms with Crippen molar-refractivity contribution in [2.45, 2.75) is 272 Å². The van der Waals surface area contributed by atoms with E-state index in [0.717, 1.165) is 12.0 Å². The maximum atomic E-state index is 14.8. The van der Waals surface area contributed by atoms with Crippen molar-refractivity contribution in [2.24, 2.45) is 11.8 Å². The first-order chi connectivity index (χ1) is 35.2. The van der Waals surface area contributed by atoms with Crippen LogP contribution in [-0.4, -0.2) is 151 Å². The van der Waals surface area contributed by atoms with Crippen LogP contribution in [0.5, 0.6) is 0 Å². The smallest absolute Gasteiger partial charge is 0.338 e. The Hall–Kier alpha value is -2.17. The Morgan fingerprint density at radius 3 is 2.16 bits per heavy atom. The molecule has 16 heteroatoms. The lowest BCUT2D eigenvalue weighted by molar-refractivity contribution is -0.292. The zero-order chi connectivity index (χ0) is 54.0. The number of ketones is 1. The van der Waals surface area contributed by atoms with Gasteiger partial charge in [0.05, 0.1) is 73.2 Å². The van der Waals surface area contributed by atoms with Crippen molar-refractivity contribution in [3.63, 3.8) is 0 Å². The quantitative estimate of drug-likeness (QED) is 0.134. The van der Waals surface area contributed by atoms with Gasteiger partial charge in [-0.25, -0.2) is 4.79 Å². The summed E-state index contributed by atoms with van der Waals surface area (Å²) >= 11 is 0. The number of ether oxygens (including phenoxy) is 9. The van der Waals surface area contributed by atoms with Gasteiger partial charge in [0.15, 0.2) is 22.4 Å². The van der Waals surface area contributed by atoms with Gasteiger partial charge in [-0.1, -0.05) is 79.8 Å². The maximum absolute atomic E-state index is 14.8. The lowest BCUT2D eigenvalue weighted by Gasteiger charge is -2.47. The van der Waals surface area contributed by atoms with Crippen LogP contribution < -0.4 is 0 Å². The Kier molecular flexibility index (Phi) is 17.2. The van der Waals surface area contributed by atoms with Gasteiger partial charge in [-0.2, -0.15) is 0 Å². The van der Waals surface area contributed by atoms with Crippen molar-refractivity contribution in [3.8, 4) is 0 Å². The number of hydrogen-bond acceptors (Lipinski definition) is 14. The number of carbonyl (C=O) groups excluding carboxylic acids is 2. The van der Waals surface area contributed by atoms with E-state index in [1.807, 2.05) is 18.2 Å². The van der Waals surface area contributed by atoms with Crippen molar-refractivity contribution >= 4 is 28.4 Å². The summed E-state index contributed by atoms with van der Waals surface area (Å²) in [5.41, 5.74) is 2.03. The molecule has 9 aliphatic rings. The Morgan fingerprint density at radius 2 is 1.45 bits per heavy atom. The number of Topliss-reactive ketones (excluding diaryl/α,β-unsaturated/α-hetero) is 1. The van der Waals surface area contributed by atoms with Crippen molar-refractivity contribution in [2.75, 3.05) is 13.7 Å². The summed E-state index contributed by atoms with van der Waals surface area (Å²) in [7, 11) is -2.69. The van der Waals surface area contributed by atoms with Crippen LogP contribution in [-0.2, 0) is 56.3 Å². The van der Waals surface area contributed by atoms with E-state index in [1.54, 1.807) is 19.2 Å². The molecule has 9 aliphatic heterocycles. The molecular formula is C59H92O14Si2. The third kappa shape index (κ3) is 12.4. The molecule has 0 saturated carbocycles. The summed E-state index contributed by atoms with van der Waals surface area (Å²) < 4.78 is 75.6. The molecule has 9 fully saturated rings. The third-order valence-corrected chi connectivity index (χ3v) is 28.4. The third-order valence-electron chi connectivity index (χ3n) is 19.4. The van der Waals surface area contributed by atoms with E-state index < -0.39 is 58.9 Å². The van der Waals surface area contributed by atoms with Crippen LogP contribution in [0.3, 0.4) is 0 Å². The summed E-state index contributed by atoms with van der Waals surface area (Å²) in [5, 5.41) is 11.8. The van der Waals surface area contributed by atoms with Gasteiger partial charge in [-0.05, 0) is 104 Å². The Balaban J connectivity index is 1.00. The topological polar surface area (TPSA) is 156 Å². The molecule has 0 amide bonds. The Bertz CT molecular complexity index is 2190.